The number of carboxylic acids is 1. The van der Waals surface area contributed by atoms with Crippen LogP contribution in [0.1, 0.15) is 27.7 Å². The number of aliphatic carboxylic acids is 1. The van der Waals surface area contributed by atoms with E-state index >= 15 is 0 Å². The van der Waals surface area contributed by atoms with Crippen LogP contribution in [0.25, 0.3) is 0 Å². The maximum atomic E-state index is 11.5. The standard InChI is InChI=1S/C11H22N2O5S/c1-5-19(17,18)7-6-12-10(16)13-8(9(14)15)11(2,3)4/h8H,5-7H2,1-4H3,(H,14,15)(H2,12,13,16). The van der Waals surface area contributed by atoms with Gasteiger partial charge in [0.15, 0.2) is 9.84 Å². The van der Waals surface area contributed by atoms with Crippen molar-refractivity contribution in [1.82, 2.24) is 10.6 Å². The quantitative estimate of drug-likeness (QED) is 0.648. The van der Waals surface area contributed by atoms with Crippen LogP contribution in [0, 0.1) is 5.41 Å². The predicted molar refractivity (Wildman–Crippen MR) is 71.7 cm³/mol. The van der Waals surface area contributed by atoms with Gasteiger partial charge in [0.1, 0.15) is 6.04 Å². The van der Waals surface area contributed by atoms with E-state index in [-0.39, 0.29) is 18.1 Å². The van der Waals surface area contributed by atoms with E-state index in [4.69, 9.17) is 5.11 Å². The molecule has 0 rings (SSSR count). The summed E-state index contributed by atoms with van der Waals surface area (Å²) in [4.78, 5) is 22.5. The number of amides is 2. The van der Waals surface area contributed by atoms with E-state index in [1.807, 2.05) is 0 Å². The first-order chi connectivity index (χ1) is 8.49. The molecule has 19 heavy (non-hydrogen) atoms. The third kappa shape index (κ3) is 7.00. The van der Waals surface area contributed by atoms with Gasteiger partial charge in [-0.25, -0.2) is 18.0 Å². The molecule has 7 nitrogen and oxygen atoms in total. The molecule has 0 heterocycles. The predicted octanol–water partition coefficient (Wildman–Crippen LogP) is 0.220. The van der Waals surface area contributed by atoms with E-state index in [1.54, 1.807) is 20.8 Å². The molecule has 8 heteroatoms. The van der Waals surface area contributed by atoms with Crippen molar-refractivity contribution in [2.24, 2.45) is 5.41 Å². The fourth-order valence-electron chi connectivity index (χ4n) is 1.30. The Bertz CT molecular complexity index is 425. The van der Waals surface area contributed by atoms with Gasteiger partial charge in [0.2, 0.25) is 0 Å². The van der Waals surface area contributed by atoms with Crippen LogP contribution in [-0.4, -0.2) is 49.6 Å². The molecule has 0 aliphatic rings. The van der Waals surface area contributed by atoms with Gasteiger partial charge in [0, 0.05) is 12.3 Å². The summed E-state index contributed by atoms with van der Waals surface area (Å²) in [5, 5.41) is 13.7. The topological polar surface area (TPSA) is 113 Å². The first kappa shape index (κ1) is 17.7. The minimum atomic E-state index is -3.15. The Morgan fingerprint density at radius 2 is 1.79 bits per heavy atom. The Kier molecular flexibility index (Phi) is 6.28. The van der Waals surface area contributed by atoms with E-state index in [1.165, 1.54) is 6.92 Å². The molecule has 0 aliphatic heterocycles. The highest BCUT2D eigenvalue weighted by Crippen LogP contribution is 2.19. The molecule has 0 aromatic heterocycles. The van der Waals surface area contributed by atoms with E-state index in [0.29, 0.717) is 0 Å². The Hall–Kier alpha value is -1.31. The molecule has 0 aromatic carbocycles. The molecule has 0 saturated heterocycles. The molecule has 0 radical (unpaired) electrons. The summed E-state index contributed by atoms with van der Waals surface area (Å²) in [6.07, 6.45) is 0. The molecule has 0 spiro atoms. The minimum absolute atomic E-state index is 0.00996. The summed E-state index contributed by atoms with van der Waals surface area (Å²) < 4.78 is 22.4. The lowest BCUT2D eigenvalue weighted by Gasteiger charge is -2.27. The second-order valence-corrected chi connectivity index (χ2v) is 7.75. The van der Waals surface area contributed by atoms with Crippen molar-refractivity contribution in [2.75, 3.05) is 18.1 Å². The zero-order valence-electron chi connectivity index (χ0n) is 11.7. The van der Waals surface area contributed by atoms with Gasteiger partial charge in [0.05, 0.1) is 5.75 Å². The van der Waals surface area contributed by atoms with E-state index in [0.717, 1.165) is 0 Å². The Morgan fingerprint density at radius 3 is 2.16 bits per heavy atom. The molecule has 112 valence electrons. The Morgan fingerprint density at radius 1 is 1.26 bits per heavy atom. The highest BCUT2D eigenvalue weighted by Gasteiger charge is 2.32. The second kappa shape index (κ2) is 6.74. The molecule has 0 fully saturated rings. The molecule has 0 saturated carbocycles. The average molecular weight is 294 g/mol. The summed E-state index contributed by atoms with van der Waals surface area (Å²) in [5.41, 5.74) is -0.640. The maximum Gasteiger partial charge on any atom is 0.326 e. The molecular formula is C11H22N2O5S. The first-order valence-electron chi connectivity index (χ1n) is 5.97. The van der Waals surface area contributed by atoms with Crippen LogP contribution in [0.2, 0.25) is 0 Å². The van der Waals surface area contributed by atoms with Crippen molar-refractivity contribution in [3.05, 3.63) is 0 Å². The fourth-order valence-corrected chi connectivity index (χ4v) is 2.00. The van der Waals surface area contributed by atoms with Gasteiger partial charge in [-0.2, -0.15) is 0 Å². The molecule has 3 N–H and O–H groups in total. The third-order valence-electron chi connectivity index (χ3n) is 2.53. The number of urea groups is 1. The molecule has 0 aliphatic carbocycles. The van der Waals surface area contributed by atoms with Crippen molar-refractivity contribution in [3.63, 3.8) is 0 Å². The van der Waals surface area contributed by atoms with Crippen LogP contribution in [0.15, 0.2) is 0 Å². The number of sulfone groups is 1. The van der Waals surface area contributed by atoms with Crippen LogP contribution in [0.5, 0.6) is 0 Å². The number of carbonyl (C=O) groups is 2. The van der Waals surface area contributed by atoms with Gasteiger partial charge in [-0.1, -0.05) is 27.7 Å². The first-order valence-corrected chi connectivity index (χ1v) is 7.79. The number of hydrogen-bond donors (Lipinski definition) is 3. The Labute approximate surface area is 113 Å². The van der Waals surface area contributed by atoms with Gasteiger partial charge >= 0.3 is 12.0 Å². The zero-order chi connectivity index (χ0) is 15.3. The average Bonchev–Trinajstić information content (AvgIpc) is 2.23. The van der Waals surface area contributed by atoms with Crippen LogP contribution in [0.3, 0.4) is 0 Å². The lowest BCUT2D eigenvalue weighted by molar-refractivity contribution is -0.141. The van der Waals surface area contributed by atoms with E-state index < -0.39 is 33.3 Å². The number of carboxylic acid groups (broad SMARTS) is 1. The van der Waals surface area contributed by atoms with Crippen molar-refractivity contribution >= 4 is 21.8 Å². The van der Waals surface area contributed by atoms with Crippen LogP contribution < -0.4 is 10.6 Å². The van der Waals surface area contributed by atoms with Crippen molar-refractivity contribution in [2.45, 2.75) is 33.7 Å². The number of carbonyl (C=O) groups excluding carboxylic acids is 1. The molecular weight excluding hydrogens is 272 g/mol. The zero-order valence-corrected chi connectivity index (χ0v) is 12.5. The molecule has 1 unspecified atom stereocenters. The smallest absolute Gasteiger partial charge is 0.326 e. The number of nitrogens with one attached hydrogen (secondary N) is 2. The normalized spacial score (nSPS) is 13.7. The maximum absolute atomic E-state index is 11.5. The van der Waals surface area contributed by atoms with Crippen LogP contribution in [0.4, 0.5) is 4.79 Å². The third-order valence-corrected chi connectivity index (χ3v) is 4.23. The second-order valence-electron chi connectivity index (χ2n) is 5.27. The molecule has 0 aromatic rings. The molecule has 1 atom stereocenters. The van der Waals surface area contributed by atoms with Gasteiger partial charge < -0.3 is 15.7 Å². The van der Waals surface area contributed by atoms with Crippen molar-refractivity contribution in [3.8, 4) is 0 Å². The monoisotopic (exact) mass is 294 g/mol. The van der Waals surface area contributed by atoms with Gasteiger partial charge in [-0.05, 0) is 5.41 Å². The van der Waals surface area contributed by atoms with E-state index in [9.17, 15) is 18.0 Å². The van der Waals surface area contributed by atoms with Gasteiger partial charge in [0.25, 0.3) is 0 Å². The van der Waals surface area contributed by atoms with Crippen LogP contribution in [-0.2, 0) is 14.6 Å². The van der Waals surface area contributed by atoms with Crippen molar-refractivity contribution in [1.29, 1.82) is 0 Å². The largest absolute Gasteiger partial charge is 0.480 e. The van der Waals surface area contributed by atoms with Crippen molar-refractivity contribution < 1.29 is 23.1 Å². The summed E-state index contributed by atoms with van der Waals surface area (Å²) in [6, 6.07) is -1.73. The number of rotatable bonds is 6. The SMILES string of the molecule is CCS(=O)(=O)CCNC(=O)NC(C(=O)O)C(C)(C)C. The minimum Gasteiger partial charge on any atom is -0.480 e. The van der Waals surface area contributed by atoms with E-state index in [2.05, 4.69) is 10.6 Å². The lowest BCUT2D eigenvalue weighted by Crippen LogP contribution is -2.52. The summed E-state index contributed by atoms with van der Waals surface area (Å²) >= 11 is 0. The summed E-state index contributed by atoms with van der Waals surface area (Å²) in [6.45, 7) is 6.54. The summed E-state index contributed by atoms with van der Waals surface area (Å²) in [5.74, 6) is -1.29. The lowest BCUT2D eigenvalue weighted by atomic mass is 9.87. The summed E-state index contributed by atoms with van der Waals surface area (Å²) in [7, 11) is -3.15. The van der Waals surface area contributed by atoms with Gasteiger partial charge in [-0.15, -0.1) is 0 Å². The highest BCUT2D eigenvalue weighted by molar-refractivity contribution is 7.91. The highest BCUT2D eigenvalue weighted by atomic mass is 32.2. The Balaban J connectivity index is 4.35. The fraction of sp³-hybridized carbons (Fsp3) is 0.818. The van der Waals surface area contributed by atoms with Gasteiger partial charge in [-0.3, -0.25) is 0 Å². The number of hydrogen-bond acceptors (Lipinski definition) is 4. The van der Waals surface area contributed by atoms with Crippen LogP contribution >= 0.6 is 0 Å². The molecule has 2 amide bonds. The molecule has 0 bridgehead atoms.